The van der Waals surface area contributed by atoms with Gasteiger partial charge in [0.25, 0.3) is 0 Å². The number of halogens is 1. The zero-order valence-corrected chi connectivity index (χ0v) is 15.8. The predicted molar refractivity (Wildman–Crippen MR) is 104 cm³/mol. The van der Waals surface area contributed by atoms with Gasteiger partial charge in [-0.1, -0.05) is 0 Å². The lowest BCUT2D eigenvalue weighted by Gasteiger charge is -2.26. The van der Waals surface area contributed by atoms with Gasteiger partial charge in [-0.3, -0.25) is 9.79 Å². The van der Waals surface area contributed by atoms with E-state index in [1.165, 1.54) is 6.42 Å². The van der Waals surface area contributed by atoms with Gasteiger partial charge in [-0.05, 0) is 43.5 Å². The summed E-state index contributed by atoms with van der Waals surface area (Å²) in [5.74, 6) is 1.27. The molecule has 7 heteroatoms. The number of anilines is 1. The van der Waals surface area contributed by atoms with Gasteiger partial charge >= 0.3 is 0 Å². The number of hydrogen-bond acceptors (Lipinski definition) is 3. The Morgan fingerprint density at radius 2 is 1.91 bits per heavy atom. The van der Waals surface area contributed by atoms with E-state index in [2.05, 4.69) is 10.3 Å². The lowest BCUT2D eigenvalue weighted by molar-refractivity contribution is -0.131. The van der Waals surface area contributed by atoms with Crippen LogP contribution in [0.1, 0.15) is 25.7 Å². The van der Waals surface area contributed by atoms with E-state index in [9.17, 15) is 4.79 Å². The summed E-state index contributed by atoms with van der Waals surface area (Å²) < 4.78 is 5.09. The number of methoxy groups -OCH3 is 1. The van der Waals surface area contributed by atoms with Gasteiger partial charge in [0.1, 0.15) is 5.75 Å². The third-order valence-electron chi connectivity index (χ3n) is 3.68. The number of nitrogens with one attached hydrogen (secondary N) is 1. The van der Waals surface area contributed by atoms with Gasteiger partial charge in [-0.2, -0.15) is 0 Å². The Bertz CT molecular complexity index is 513. The number of piperidine rings is 1. The zero-order chi connectivity index (χ0) is 15.8. The quantitative estimate of drug-likeness (QED) is 0.426. The van der Waals surface area contributed by atoms with Crippen LogP contribution in [-0.2, 0) is 4.79 Å². The fourth-order valence-electron chi connectivity index (χ4n) is 2.44. The van der Waals surface area contributed by atoms with Crippen molar-refractivity contribution in [3.63, 3.8) is 0 Å². The molecule has 0 saturated carbocycles. The molecule has 0 aromatic heterocycles. The molecule has 2 rings (SSSR count). The molecule has 128 valence electrons. The number of likely N-dealkylation sites (tertiary alicyclic amines) is 1. The minimum absolute atomic E-state index is 0. The Kier molecular flexibility index (Phi) is 8.75. The predicted octanol–water partition coefficient (Wildman–Crippen LogP) is 2.44. The second kappa shape index (κ2) is 10.3. The monoisotopic (exact) mass is 432 g/mol. The number of amides is 1. The molecule has 6 nitrogen and oxygen atoms in total. The van der Waals surface area contributed by atoms with E-state index in [1.807, 2.05) is 29.2 Å². The van der Waals surface area contributed by atoms with E-state index < -0.39 is 0 Å². The Morgan fingerprint density at radius 3 is 2.52 bits per heavy atom. The molecular formula is C16H25IN4O2. The SMILES string of the molecule is COc1ccc(NC(N)=NCCC(=O)N2CCCCC2)cc1.I. The number of aliphatic imine (C=N–C) groups is 1. The van der Waals surface area contributed by atoms with Gasteiger partial charge in [0, 0.05) is 25.2 Å². The molecule has 0 unspecified atom stereocenters. The van der Waals surface area contributed by atoms with Gasteiger partial charge in [-0.15, -0.1) is 24.0 Å². The first kappa shape index (κ1) is 19.5. The minimum Gasteiger partial charge on any atom is -0.497 e. The first-order chi connectivity index (χ1) is 10.7. The number of hydrogen-bond donors (Lipinski definition) is 2. The number of carbonyl (C=O) groups is 1. The fourth-order valence-corrected chi connectivity index (χ4v) is 2.44. The average molecular weight is 432 g/mol. The third-order valence-corrected chi connectivity index (χ3v) is 3.68. The normalized spacial score (nSPS) is 14.8. The molecule has 3 N–H and O–H groups in total. The van der Waals surface area contributed by atoms with Crippen molar-refractivity contribution in [2.75, 3.05) is 32.1 Å². The van der Waals surface area contributed by atoms with E-state index in [4.69, 9.17) is 10.5 Å². The van der Waals surface area contributed by atoms with Crippen molar-refractivity contribution in [1.82, 2.24) is 4.90 Å². The van der Waals surface area contributed by atoms with Gasteiger partial charge in [0.05, 0.1) is 13.7 Å². The summed E-state index contributed by atoms with van der Waals surface area (Å²) in [6.45, 7) is 2.16. The first-order valence-corrected chi connectivity index (χ1v) is 7.68. The Labute approximate surface area is 154 Å². The highest BCUT2D eigenvalue weighted by Crippen LogP contribution is 2.14. The molecule has 1 aliphatic heterocycles. The van der Waals surface area contributed by atoms with Gasteiger partial charge in [0.2, 0.25) is 5.91 Å². The average Bonchev–Trinajstić information content (AvgIpc) is 2.56. The van der Waals surface area contributed by atoms with Crippen molar-refractivity contribution in [1.29, 1.82) is 0 Å². The van der Waals surface area contributed by atoms with E-state index >= 15 is 0 Å². The maximum absolute atomic E-state index is 12.0. The van der Waals surface area contributed by atoms with Crippen molar-refractivity contribution in [3.05, 3.63) is 24.3 Å². The van der Waals surface area contributed by atoms with Gasteiger partial charge < -0.3 is 20.7 Å². The smallest absolute Gasteiger partial charge is 0.224 e. The van der Waals surface area contributed by atoms with Crippen molar-refractivity contribution in [2.45, 2.75) is 25.7 Å². The molecule has 0 atom stereocenters. The molecule has 1 aromatic rings. The zero-order valence-electron chi connectivity index (χ0n) is 13.5. The summed E-state index contributed by atoms with van der Waals surface area (Å²) in [5, 5.41) is 2.99. The molecule has 0 bridgehead atoms. The van der Waals surface area contributed by atoms with Crippen LogP contribution in [-0.4, -0.2) is 43.5 Å². The van der Waals surface area contributed by atoms with Gasteiger partial charge in [-0.25, -0.2) is 0 Å². The summed E-state index contributed by atoms with van der Waals surface area (Å²) in [6, 6.07) is 7.41. The van der Waals surface area contributed by atoms with Crippen LogP contribution in [0.25, 0.3) is 0 Å². The summed E-state index contributed by atoms with van der Waals surface area (Å²) in [6.07, 6.45) is 3.85. The molecule has 1 amide bonds. The second-order valence-electron chi connectivity index (χ2n) is 5.31. The second-order valence-corrected chi connectivity index (χ2v) is 5.31. The Hall–Kier alpha value is -1.51. The first-order valence-electron chi connectivity index (χ1n) is 7.68. The van der Waals surface area contributed by atoms with Crippen LogP contribution in [0, 0.1) is 0 Å². The molecule has 23 heavy (non-hydrogen) atoms. The van der Waals surface area contributed by atoms with E-state index in [-0.39, 0.29) is 29.9 Å². The number of ether oxygens (including phenoxy) is 1. The molecule has 0 spiro atoms. The Balaban J connectivity index is 0.00000264. The standard InChI is InChI=1S/C16H24N4O2.HI/c1-22-14-7-5-13(6-8-14)19-16(17)18-10-9-15(21)20-11-3-2-4-12-20;/h5-8H,2-4,9-12H2,1H3,(H3,17,18,19);1H. The highest BCUT2D eigenvalue weighted by molar-refractivity contribution is 14.0. The molecule has 1 aliphatic rings. The van der Waals surface area contributed by atoms with Crippen LogP contribution in [0.2, 0.25) is 0 Å². The van der Waals surface area contributed by atoms with Crippen LogP contribution in [0.4, 0.5) is 5.69 Å². The number of rotatable bonds is 5. The molecular weight excluding hydrogens is 407 g/mol. The molecule has 1 heterocycles. The number of carbonyl (C=O) groups excluding carboxylic acids is 1. The summed E-state index contributed by atoms with van der Waals surface area (Å²) >= 11 is 0. The maximum atomic E-state index is 12.0. The van der Waals surface area contributed by atoms with Crippen molar-refractivity contribution in [3.8, 4) is 5.75 Å². The highest BCUT2D eigenvalue weighted by atomic mass is 127. The summed E-state index contributed by atoms with van der Waals surface area (Å²) in [5.41, 5.74) is 6.66. The summed E-state index contributed by atoms with van der Waals surface area (Å²) in [4.78, 5) is 18.1. The number of nitrogens with two attached hydrogens (primary N) is 1. The number of nitrogens with zero attached hydrogens (tertiary/aromatic N) is 2. The third kappa shape index (κ3) is 6.64. The minimum atomic E-state index is 0. The Morgan fingerprint density at radius 1 is 1.26 bits per heavy atom. The summed E-state index contributed by atoms with van der Waals surface area (Å²) in [7, 11) is 1.62. The molecule has 1 aromatic carbocycles. The van der Waals surface area contributed by atoms with Gasteiger partial charge in [0.15, 0.2) is 5.96 Å². The van der Waals surface area contributed by atoms with Crippen LogP contribution in [0.5, 0.6) is 5.75 Å². The number of benzene rings is 1. The van der Waals surface area contributed by atoms with Crippen molar-refractivity contribution in [2.24, 2.45) is 10.7 Å². The molecule has 0 radical (unpaired) electrons. The number of guanidine groups is 1. The lowest BCUT2D eigenvalue weighted by atomic mass is 10.1. The highest BCUT2D eigenvalue weighted by Gasteiger charge is 2.15. The van der Waals surface area contributed by atoms with E-state index in [0.717, 1.165) is 37.4 Å². The van der Waals surface area contributed by atoms with Crippen LogP contribution < -0.4 is 15.8 Å². The van der Waals surface area contributed by atoms with Crippen LogP contribution in [0.15, 0.2) is 29.3 Å². The maximum Gasteiger partial charge on any atom is 0.224 e. The lowest BCUT2D eigenvalue weighted by Crippen LogP contribution is -2.36. The molecule has 1 fully saturated rings. The van der Waals surface area contributed by atoms with E-state index in [1.54, 1.807) is 7.11 Å². The molecule has 0 aliphatic carbocycles. The van der Waals surface area contributed by atoms with Crippen LogP contribution in [0.3, 0.4) is 0 Å². The van der Waals surface area contributed by atoms with Crippen molar-refractivity contribution < 1.29 is 9.53 Å². The fraction of sp³-hybridized carbons (Fsp3) is 0.500. The van der Waals surface area contributed by atoms with Crippen molar-refractivity contribution >= 4 is 41.5 Å². The molecule has 1 saturated heterocycles. The van der Waals surface area contributed by atoms with Crippen LogP contribution >= 0.6 is 24.0 Å². The van der Waals surface area contributed by atoms with E-state index in [0.29, 0.717) is 18.9 Å². The topological polar surface area (TPSA) is 80.0 Å². The largest absolute Gasteiger partial charge is 0.497 e.